The highest BCUT2D eigenvalue weighted by Gasteiger charge is 2.28. The third-order valence-corrected chi connectivity index (χ3v) is 5.27. The number of nitrogens with zero attached hydrogens (tertiary/aromatic N) is 3. The molecule has 21 heavy (non-hydrogen) atoms. The van der Waals surface area contributed by atoms with Crippen LogP contribution in [-0.4, -0.2) is 21.3 Å². The Balaban J connectivity index is 1.84. The maximum atomic E-state index is 4.83. The molecule has 0 amide bonds. The molecule has 0 radical (unpaired) electrons. The second-order valence-corrected chi connectivity index (χ2v) is 6.64. The lowest BCUT2D eigenvalue weighted by atomic mass is 10.1. The summed E-state index contributed by atoms with van der Waals surface area (Å²) in [5, 5.41) is 11.4. The van der Waals surface area contributed by atoms with E-state index in [-0.39, 0.29) is 6.04 Å². The van der Waals surface area contributed by atoms with Crippen molar-refractivity contribution < 1.29 is 0 Å². The molecule has 0 saturated carbocycles. The van der Waals surface area contributed by atoms with Gasteiger partial charge < -0.3 is 5.32 Å². The van der Waals surface area contributed by atoms with E-state index in [1.807, 2.05) is 29.8 Å². The van der Waals surface area contributed by atoms with Crippen LogP contribution in [0.25, 0.3) is 11.3 Å². The first-order chi connectivity index (χ1) is 10.3. The largest absolute Gasteiger partial charge is 0.369 e. The summed E-state index contributed by atoms with van der Waals surface area (Å²) >= 11 is 5.39. The first-order valence-corrected chi connectivity index (χ1v) is 8.48. The van der Waals surface area contributed by atoms with E-state index in [9.17, 15) is 0 Å². The molecule has 1 aliphatic rings. The molecule has 0 fully saturated rings. The SMILES string of the molecule is Brc1c(-c2ccccc2)nn2c1NCCC2c1nccs1. The average Bonchev–Trinajstić information content (AvgIpc) is 3.17. The molecule has 2 aromatic heterocycles. The Morgan fingerprint density at radius 2 is 2.14 bits per heavy atom. The highest BCUT2D eigenvalue weighted by molar-refractivity contribution is 9.10. The Kier molecular flexibility index (Phi) is 3.27. The van der Waals surface area contributed by atoms with Gasteiger partial charge in [-0.25, -0.2) is 9.67 Å². The molecule has 0 bridgehead atoms. The van der Waals surface area contributed by atoms with Crippen LogP contribution in [0, 0.1) is 0 Å². The Morgan fingerprint density at radius 1 is 1.29 bits per heavy atom. The molecule has 106 valence electrons. The van der Waals surface area contributed by atoms with Gasteiger partial charge in [0, 0.05) is 23.7 Å². The quantitative estimate of drug-likeness (QED) is 0.745. The van der Waals surface area contributed by atoms with Crippen LogP contribution in [-0.2, 0) is 0 Å². The van der Waals surface area contributed by atoms with Crippen molar-refractivity contribution in [3.05, 3.63) is 51.4 Å². The van der Waals surface area contributed by atoms with Crippen molar-refractivity contribution in [3.63, 3.8) is 0 Å². The second-order valence-electron chi connectivity index (χ2n) is 4.92. The summed E-state index contributed by atoms with van der Waals surface area (Å²) in [5.74, 6) is 1.04. The van der Waals surface area contributed by atoms with Crippen LogP contribution < -0.4 is 5.32 Å². The number of nitrogens with one attached hydrogen (secondary N) is 1. The average molecular weight is 361 g/mol. The standard InChI is InChI=1S/C15H13BrN4S/c16-12-13(10-4-2-1-3-5-10)19-20-11(6-7-17-14(12)20)15-18-8-9-21-15/h1-5,8-9,11,17H,6-7H2. The fourth-order valence-electron chi connectivity index (χ4n) is 2.66. The van der Waals surface area contributed by atoms with Crippen molar-refractivity contribution in [2.24, 2.45) is 0 Å². The summed E-state index contributed by atoms with van der Waals surface area (Å²) in [6.07, 6.45) is 2.86. The van der Waals surface area contributed by atoms with Crippen molar-refractivity contribution in [1.29, 1.82) is 0 Å². The van der Waals surface area contributed by atoms with Crippen LogP contribution >= 0.6 is 27.3 Å². The Morgan fingerprint density at radius 3 is 2.90 bits per heavy atom. The molecule has 1 N–H and O–H groups in total. The molecule has 0 spiro atoms. The fourth-order valence-corrected chi connectivity index (χ4v) is 4.04. The third kappa shape index (κ3) is 2.18. The Bertz CT molecular complexity index is 752. The number of hydrogen-bond donors (Lipinski definition) is 1. The maximum Gasteiger partial charge on any atom is 0.140 e. The summed E-state index contributed by atoms with van der Waals surface area (Å²) in [7, 11) is 0. The van der Waals surface area contributed by atoms with Gasteiger partial charge in [-0.1, -0.05) is 30.3 Å². The Labute approximate surface area is 135 Å². The van der Waals surface area contributed by atoms with Gasteiger partial charge in [0.15, 0.2) is 0 Å². The summed E-state index contributed by atoms with van der Waals surface area (Å²) < 4.78 is 3.09. The molecule has 3 aromatic rings. The van der Waals surface area contributed by atoms with Gasteiger partial charge >= 0.3 is 0 Å². The number of thiazole rings is 1. The molecule has 4 nitrogen and oxygen atoms in total. The van der Waals surface area contributed by atoms with Crippen molar-refractivity contribution >= 4 is 33.1 Å². The van der Waals surface area contributed by atoms with E-state index in [0.717, 1.165) is 39.5 Å². The van der Waals surface area contributed by atoms with Gasteiger partial charge in [0.25, 0.3) is 0 Å². The van der Waals surface area contributed by atoms with Gasteiger partial charge in [-0.3, -0.25) is 0 Å². The summed E-state index contributed by atoms with van der Waals surface area (Å²) in [5.41, 5.74) is 2.09. The zero-order valence-corrected chi connectivity index (χ0v) is 13.6. The molecule has 6 heteroatoms. The van der Waals surface area contributed by atoms with Crippen molar-refractivity contribution in [2.45, 2.75) is 12.5 Å². The number of anilines is 1. The van der Waals surface area contributed by atoms with Gasteiger partial charge in [-0.2, -0.15) is 5.10 Å². The topological polar surface area (TPSA) is 42.7 Å². The number of hydrogen-bond acceptors (Lipinski definition) is 4. The lowest BCUT2D eigenvalue weighted by Crippen LogP contribution is -2.24. The fraction of sp³-hybridized carbons (Fsp3) is 0.200. The number of rotatable bonds is 2. The molecule has 1 aromatic carbocycles. The van der Waals surface area contributed by atoms with Crippen LogP contribution in [0.2, 0.25) is 0 Å². The molecule has 0 aliphatic carbocycles. The van der Waals surface area contributed by atoms with Crippen molar-refractivity contribution in [3.8, 4) is 11.3 Å². The minimum absolute atomic E-state index is 0.218. The first kappa shape index (κ1) is 13.0. The predicted octanol–water partition coefficient (Wildman–Crippen LogP) is 4.17. The van der Waals surface area contributed by atoms with Crippen molar-refractivity contribution in [1.82, 2.24) is 14.8 Å². The van der Waals surface area contributed by atoms with Crippen LogP contribution in [0.1, 0.15) is 17.5 Å². The molecule has 1 aliphatic heterocycles. The van der Waals surface area contributed by atoms with E-state index in [2.05, 4.69) is 43.0 Å². The van der Waals surface area contributed by atoms with Crippen LogP contribution in [0.4, 0.5) is 5.82 Å². The molecular weight excluding hydrogens is 348 g/mol. The zero-order chi connectivity index (χ0) is 14.2. The predicted molar refractivity (Wildman–Crippen MR) is 88.7 cm³/mol. The maximum absolute atomic E-state index is 4.83. The molecule has 0 saturated heterocycles. The molecular formula is C15H13BrN4S. The second kappa shape index (κ2) is 5.27. The number of benzene rings is 1. The molecule has 4 rings (SSSR count). The van der Waals surface area contributed by atoms with Crippen LogP contribution in [0.3, 0.4) is 0 Å². The monoisotopic (exact) mass is 360 g/mol. The van der Waals surface area contributed by atoms with E-state index < -0.39 is 0 Å². The van der Waals surface area contributed by atoms with Gasteiger partial charge in [0.05, 0.1) is 4.47 Å². The lowest BCUT2D eigenvalue weighted by molar-refractivity contribution is 0.481. The Hall–Kier alpha value is -1.66. The zero-order valence-electron chi connectivity index (χ0n) is 11.2. The highest BCUT2D eigenvalue weighted by Crippen LogP contribution is 2.40. The van der Waals surface area contributed by atoms with Crippen LogP contribution in [0.5, 0.6) is 0 Å². The number of aromatic nitrogens is 3. The smallest absolute Gasteiger partial charge is 0.140 e. The summed E-state index contributed by atoms with van der Waals surface area (Å²) in [4.78, 5) is 4.47. The lowest BCUT2D eigenvalue weighted by Gasteiger charge is -2.24. The van der Waals surface area contributed by atoms with Gasteiger partial charge in [-0.15, -0.1) is 11.3 Å². The molecule has 3 heterocycles. The molecule has 1 atom stereocenters. The first-order valence-electron chi connectivity index (χ1n) is 6.81. The van der Waals surface area contributed by atoms with E-state index in [4.69, 9.17) is 5.10 Å². The summed E-state index contributed by atoms with van der Waals surface area (Å²) in [6, 6.07) is 10.5. The highest BCUT2D eigenvalue weighted by atomic mass is 79.9. The summed E-state index contributed by atoms with van der Waals surface area (Å²) in [6.45, 7) is 0.933. The van der Waals surface area contributed by atoms with Gasteiger partial charge in [-0.05, 0) is 22.4 Å². The third-order valence-electron chi connectivity index (χ3n) is 3.64. The van der Waals surface area contributed by atoms with E-state index in [1.165, 1.54) is 0 Å². The number of halogens is 1. The number of fused-ring (bicyclic) bond motifs is 1. The van der Waals surface area contributed by atoms with Crippen molar-refractivity contribution in [2.75, 3.05) is 11.9 Å². The normalized spacial score (nSPS) is 17.3. The minimum Gasteiger partial charge on any atom is -0.369 e. The van der Waals surface area contributed by atoms with Crippen LogP contribution in [0.15, 0.2) is 46.4 Å². The van der Waals surface area contributed by atoms with Gasteiger partial charge in [0.1, 0.15) is 22.6 Å². The minimum atomic E-state index is 0.218. The van der Waals surface area contributed by atoms with E-state index >= 15 is 0 Å². The van der Waals surface area contributed by atoms with Gasteiger partial charge in [0.2, 0.25) is 0 Å². The van der Waals surface area contributed by atoms with E-state index in [1.54, 1.807) is 11.3 Å². The molecule has 1 unspecified atom stereocenters. The van der Waals surface area contributed by atoms with E-state index in [0.29, 0.717) is 0 Å².